The molecule has 4 heteroatoms. The summed E-state index contributed by atoms with van der Waals surface area (Å²) in [4.78, 5) is 14.2. The zero-order valence-electron chi connectivity index (χ0n) is 11.6. The molecule has 104 valence electrons. The molecule has 1 heterocycles. The van der Waals surface area contributed by atoms with Crippen LogP contribution in [0.3, 0.4) is 0 Å². The molecule has 0 bridgehead atoms. The maximum Gasteiger partial charge on any atom is 0.229 e. The van der Waals surface area contributed by atoms with Gasteiger partial charge in [0.1, 0.15) is 12.4 Å². The van der Waals surface area contributed by atoms with E-state index < -0.39 is 0 Å². The molecule has 0 saturated carbocycles. The van der Waals surface area contributed by atoms with Gasteiger partial charge in [-0.25, -0.2) is 0 Å². The zero-order chi connectivity index (χ0) is 13.8. The quantitative estimate of drug-likeness (QED) is 0.893. The summed E-state index contributed by atoms with van der Waals surface area (Å²) in [5.41, 5.74) is 6.66. The number of para-hydroxylation sites is 1. The highest BCUT2D eigenvalue weighted by atomic mass is 16.5. The van der Waals surface area contributed by atoms with E-state index in [1.54, 1.807) is 4.90 Å². The number of benzene rings is 1. The minimum Gasteiger partial charge on any atom is -0.492 e. The first-order valence-electron chi connectivity index (χ1n) is 6.81. The van der Waals surface area contributed by atoms with E-state index in [1.165, 1.54) is 0 Å². The lowest BCUT2D eigenvalue weighted by molar-refractivity contribution is -0.137. The molecule has 0 spiro atoms. The maximum atomic E-state index is 12.4. The Morgan fingerprint density at radius 3 is 3.00 bits per heavy atom. The third-order valence-corrected chi connectivity index (χ3v) is 3.82. The largest absolute Gasteiger partial charge is 0.492 e. The van der Waals surface area contributed by atoms with Crippen molar-refractivity contribution >= 4 is 5.91 Å². The number of hydrogen-bond acceptors (Lipinski definition) is 3. The molecule has 1 aromatic carbocycles. The van der Waals surface area contributed by atoms with Gasteiger partial charge in [-0.2, -0.15) is 0 Å². The van der Waals surface area contributed by atoms with E-state index in [1.807, 2.05) is 38.2 Å². The summed E-state index contributed by atoms with van der Waals surface area (Å²) in [6.07, 6.45) is 1.58. The van der Waals surface area contributed by atoms with Crippen molar-refractivity contribution in [3.8, 4) is 5.75 Å². The lowest BCUT2D eigenvalue weighted by Crippen LogP contribution is -2.43. The van der Waals surface area contributed by atoms with Crippen molar-refractivity contribution in [2.24, 2.45) is 11.7 Å². The van der Waals surface area contributed by atoms with Crippen LogP contribution in [0.5, 0.6) is 5.75 Å². The van der Waals surface area contributed by atoms with Crippen molar-refractivity contribution in [1.82, 2.24) is 4.90 Å². The highest BCUT2D eigenvalue weighted by molar-refractivity contribution is 5.79. The average molecular weight is 262 g/mol. The Balaban J connectivity index is 2.02. The predicted molar refractivity (Wildman–Crippen MR) is 75.0 cm³/mol. The van der Waals surface area contributed by atoms with Gasteiger partial charge in [0.25, 0.3) is 0 Å². The Labute approximate surface area is 114 Å². The Hall–Kier alpha value is -1.55. The van der Waals surface area contributed by atoms with E-state index in [0.717, 1.165) is 24.2 Å². The highest BCUT2D eigenvalue weighted by Gasteiger charge is 2.29. The monoisotopic (exact) mass is 262 g/mol. The Morgan fingerprint density at radius 2 is 2.26 bits per heavy atom. The number of carbonyl (C=O) groups excluding carboxylic acids is 1. The molecule has 2 atom stereocenters. The highest BCUT2D eigenvalue weighted by Crippen LogP contribution is 2.27. The van der Waals surface area contributed by atoms with Crippen molar-refractivity contribution in [2.75, 3.05) is 20.2 Å². The summed E-state index contributed by atoms with van der Waals surface area (Å²) in [7, 11) is 1.85. The van der Waals surface area contributed by atoms with Crippen LogP contribution in [-0.4, -0.2) is 37.0 Å². The Kier molecular flexibility index (Phi) is 4.43. The number of amides is 1. The molecule has 19 heavy (non-hydrogen) atoms. The number of rotatable bonds is 4. The smallest absolute Gasteiger partial charge is 0.229 e. The lowest BCUT2D eigenvalue weighted by Gasteiger charge is -2.31. The van der Waals surface area contributed by atoms with Crippen LogP contribution >= 0.6 is 0 Å². The first kappa shape index (κ1) is 13.9. The molecule has 2 unspecified atom stereocenters. The van der Waals surface area contributed by atoms with Crippen LogP contribution in [0.4, 0.5) is 0 Å². The van der Waals surface area contributed by atoms with Gasteiger partial charge in [-0.1, -0.05) is 18.2 Å². The molecule has 0 saturated heterocycles. The first-order chi connectivity index (χ1) is 9.13. The van der Waals surface area contributed by atoms with Crippen LogP contribution in [0.15, 0.2) is 24.3 Å². The molecule has 0 aromatic heterocycles. The van der Waals surface area contributed by atoms with Crippen LogP contribution in [-0.2, 0) is 11.2 Å². The molecule has 0 aliphatic carbocycles. The van der Waals surface area contributed by atoms with Crippen LogP contribution in [0, 0.1) is 5.92 Å². The van der Waals surface area contributed by atoms with Crippen LogP contribution in [0.1, 0.15) is 18.9 Å². The van der Waals surface area contributed by atoms with Gasteiger partial charge in [0, 0.05) is 13.1 Å². The Bertz CT molecular complexity index is 448. The number of fused-ring (bicyclic) bond motifs is 1. The maximum absolute atomic E-state index is 12.4. The molecule has 1 aliphatic heterocycles. The van der Waals surface area contributed by atoms with Gasteiger partial charge in [-0.15, -0.1) is 0 Å². The number of hydrogen-bond donors (Lipinski definition) is 1. The van der Waals surface area contributed by atoms with E-state index >= 15 is 0 Å². The van der Waals surface area contributed by atoms with E-state index in [4.69, 9.17) is 10.5 Å². The van der Waals surface area contributed by atoms with Gasteiger partial charge in [0.05, 0.1) is 5.92 Å². The number of carbonyl (C=O) groups is 1. The van der Waals surface area contributed by atoms with Crippen LogP contribution in [0.2, 0.25) is 0 Å². The molecule has 1 amide bonds. The third kappa shape index (κ3) is 3.07. The third-order valence-electron chi connectivity index (χ3n) is 3.82. The number of nitrogens with zero attached hydrogens (tertiary/aromatic N) is 1. The van der Waals surface area contributed by atoms with E-state index in [2.05, 4.69) is 0 Å². The average Bonchev–Trinajstić information content (AvgIpc) is 2.45. The van der Waals surface area contributed by atoms with Crippen molar-refractivity contribution in [3.63, 3.8) is 0 Å². The fourth-order valence-electron chi connectivity index (χ4n) is 2.43. The predicted octanol–water partition coefficient (Wildman–Crippen LogP) is 1.43. The van der Waals surface area contributed by atoms with Crippen molar-refractivity contribution in [2.45, 2.75) is 25.8 Å². The van der Waals surface area contributed by atoms with Gasteiger partial charge < -0.3 is 15.4 Å². The molecule has 0 radical (unpaired) electrons. The van der Waals surface area contributed by atoms with Gasteiger partial charge in [-0.3, -0.25) is 4.79 Å². The molecule has 4 nitrogen and oxygen atoms in total. The van der Waals surface area contributed by atoms with E-state index in [9.17, 15) is 4.79 Å². The van der Waals surface area contributed by atoms with Crippen molar-refractivity contribution in [3.05, 3.63) is 29.8 Å². The number of ether oxygens (including phenoxy) is 1. The van der Waals surface area contributed by atoms with E-state index in [0.29, 0.717) is 13.2 Å². The summed E-state index contributed by atoms with van der Waals surface area (Å²) in [5.74, 6) is 0.972. The summed E-state index contributed by atoms with van der Waals surface area (Å²) in [6.45, 7) is 3.10. The van der Waals surface area contributed by atoms with Gasteiger partial charge in [0.15, 0.2) is 0 Å². The molecule has 2 rings (SSSR count). The second-order valence-electron chi connectivity index (χ2n) is 5.20. The van der Waals surface area contributed by atoms with Gasteiger partial charge in [-0.05, 0) is 37.9 Å². The standard InChI is InChI=1S/C15H22N2O2/c1-11(7-8-16)17(2)15(18)13-9-12-5-3-4-6-14(12)19-10-13/h3-6,11,13H,7-10,16H2,1-2H3. The van der Waals surface area contributed by atoms with Crippen molar-refractivity contribution in [1.29, 1.82) is 0 Å². The normalized spacial score (nSPS) is 19.2. The van der Waals surface area contributed by atoms with Gasteiger partial charge in [0.2, 0.25) is 5.91 Å². The van der Waals surface area contributed by atoms with Crippen LogP contribution in [0.25, 0.3) is 0 Å². The summed E-state index contributed by atoms with van der Waals surface area (Å²) < 4.78 is 5.67. The molecule has 2 N–H and O–H groups in total. The van der Waals surface area contributed by atoms with Crippen molar-refractivity contribution < 1.29 is 9.53 Å². The second kappa shape index (κ2) is 6.06. The fourth-order valence-corrected chi connectivity index (χ4v) is 2.43. The van der Waals surface area contributed by atoms with E-state index in [-0.39, 0.29) is 17.9 Å². The Morgan fingerprint density at radius 1 is 1.53 bits per heavy atom. The lowest BCUT2D eigenvalue weighted by atomic mass is 9.95. The minimum absolute atomic E-state index is 0.0832. The second-order valence-corrected chi connectivity index (χ2v) is 5.20. The number of nitrogens with two attached hydrogens (primary N) is 1. The minimum atomic E-state index is -0.0832. The fraction of sp³-hybridized carbons (Fsp3) is 0.533. The summed E-state index contributed by atoms with van der Waals surface area (Å²) in [6, 6.07) is 8.09. The topological polar surface area (TPSA) is 55.6 Å². The SMILES string of the molecule is CC(CCN)N(C)C(=O)C1COc2ccccc2C1. The summed E-state index contributed by atoms with van der Waals surface area (Å²) in [5, 5.41) is 0. The van der Waals surface area contributed by atoms with Gasteiger partial charge >= 0.3 is 0 Å². The first-order valence-corrected chi connectivity index (χ1v) is 6.81. The molecular formula is C15H22N2O2. The van der Waals surface area contributed by atoms with Crippen LogP contribution < -0.4 is 10.5 Å². The summed E-state index contributed by atoms with van der Waals surface area (Å²) >= 11 is 0. The molecule has 1 aromatic rings. The molecule has 0 fully saturated rings. The molecule has 1 aliphatic rings. The zero-order valence-corrected chi connectivity index (χ0v) is 11.6. The molecular weight excluding hydrogens is 240 g/mol.